The molecule has 0 bridgehead atoms. The van der Waals surface area contributed by atoms with Gasteiger partial charge in [0.2, 0.25) is 0 Å². The molecule has 0 aliphatic carbocycles. The summed E-state index contributed by atoms with van der Waals surface area (Å²) in [5.74, 6) is 0. The van der Waals surface area contributed by atoms with Gasteiger partial charge in [0.25, 0.3) is 0 Å². The van der Waals surface area contributed by atoms with Crippen molar-refractivity contribution in [2.75, 3.05) is 36.0 Å². The lowest BCUT2D eigenvalue weighted by molar-refractivity contribution is 0.851. The van der Waals surface area contributed by atoms with E-state index in [1.807, 2.05) is 0 Å². The fourth-order valence-corrected chi connectivity index (χ4v) is 3.01. The molecule has 2 nitrogen and oxygen atoms in total. The Morgan fingerprint density at radius 2 is 1.08 bits per heavy atom. The third-order valence-electron chi connectivity index (χ3n) is 4.45. The lowest BCUT2D eigenvalue weighted by Gasteiger charge is -2.26. The Morgan fingerprint density at radius 3 is 1.54 bits per heavy atom. The highest BCUT2D eigenvalue weighted by Gasteiger charge is 2.08. The molecule has 0 fully saturated rings. The van der Waals surface area contributed by atoms with Crippen LogP contribution in [-0.2, 0) is 0 Å². The van der Waals surface area contributed by atoms with Crippen LogP contribution in [0.15, 0.2) is 48.5 Å². The summed E-state index contributed by atoms with van der Waals surface area (Å²) in [5, 5.41) is 0. The Balaban J connectivity index is 2.40. The summed E-state index contributed by atoms with van der Waals surface area (Å²) in [6.07, 6.45) is 4.41. The molecule has 0 aliphatic heterocycles. The van der Waals surface area contributed by atoms with E-state index in [4.69, 9.17) is 0 Å². The second-order valence-corrected chi connectivity index (χ2v) is 5.87. The molecule has 24 heavy (non-hydrogen) atoms. The predicted molar refractivity (Wildman–Crippen MR) is 109 cm³/mol. The van der Waals surface area contributed by atoms with E-state index in [1.54, 1.807) is 0 Å². The summed E-state index contributed by atoms with van der Waals surface area (Å²) in [4.78, 5) is 4.82. The van der Waals surface area contributed by atoms with Gasteiger partial charge in [-0.2, -0.15) is 0 Å². The first-order chi connectivity index (χ1) is 11.7. The smallest absolute Gasteiger partial charge is 0.0392 e. The van der Waals surface area contributed by atoms with Gasteiger partial charge < -0.3 is 9.80 Å². The lowest BCUT2D eigenvalue weighted by Crippen LogP contribution is -2.24. The van der Waals surface area contributed by atoms with Crippen molar-refractivity contribution < 1.29 is 0 Å². The van der Waals surface area contributed by atoms with E-state index in [9.17, 15) is 0 Å². The molecule has 2 heteroatoms. The zero-order valence-corrected chi connectivity index (χ0v) is 15.5. The molecular weight excluding hydrogens is 292 g/mol. The first-order valence-corrected chi connectivity index (χ1v) is 9.09. The van der Waals surface area contributed by atoms with Crippen molar-refractivity contribution in [3.63, 3.8) is 0 Å². The van der Waals surface area contributed by atoms with Crippen molar-refractivity contribution in [1.29, 1.82) is 0 Å². The van der Waals surface area contributed by atoms with Crippen molar-refractivity contribution in [3.8, 4) is 0 Å². The van der Waals surface area contributed by atoms with Crippen molar-refractivity contribution in [3.05, 3.63) is 59.7 Å². The van der Waals surface area contributed by atoms with E-state index in [0.717, 1.165) is 26.2 Å². The summed E-state index contributed by atoms with van der Waals surface area (Å²) in [6, 6.07) is 17.4. The molecule has 0 aliphatic rings. The molecule has 0 spiro atoms. The van der Waals surface area contributed by atoms with Gasteiger partial charge in [-0.15, -0.1) is 0 Å². The molecule has 128 valence electrons. The maximum absolute atomic E-state index is 2.41. The van der Waals surface area contributed by atoms with Crippen LogP contribution in [0.4, 0.5) is 11.4 Å². The first kappa shape index (κ1) is 18.1. The van der Waals surface area contributed by atoms with Crippen molar-refractivity contribution in [2.24, 2.45) is 0 Å². The Morgan fingerprint density at radius 1 is 0.625 bits per heavy atom. The molecular formula is C22H30N2. The standard InChI is InChI=1S/C22H30N2/c1-5-23(6-2)21-16-20(15-14-19-12-10-9-11-13-19)17-22(18-21)24(7-3)8-4/h9-18H,5-8H2,1-4H3. The lowest BCUT2D eigenvalue weighted by atomic mass is 10.1. The average molecular weight is 322 g/mol. The molecule has 2 aromatic rings. The van der Waals surface area contributed by atoms with Gasteiger partial charge in [0, 0.05) is 37.6 Å². The van der Waals surface area contributed by atoms with E-state index in [-0.39, 0.29) is 0 Å². The number of rotatable bonds is 8. The number of anilines is 2. The molecule has 2 aromatic carbocycles. The van der Waals surface area contributed by atoms with E-state index in [0.29, 0.717) is 0 Å². The van der Waals surface area contributed by atoms with Crippen LogP contribution in [-0.4, -0.2) is 26.2 Å². The zero-order valence-electron chi connectivity index (χ0n) is 15.5. The van der Waals surface area contributed by atoms with E-state index < -0.39 is 0 Å². The normalized spacial score (nSPS) is 11.0. The minimum atomic E-state index is 1.03. The highest BCUT2D eigenvalue weighted by Crippen LogP contribution is 2.26. The van der Waals surface area contributed by atoms with Crippen LogP contribution < -0.4 is 9.80 Å². The molecule has 0 radical (unpaired) electrons. The Hall–Kier alpha value is -2.22. The number of benzene rings is 2. The average Bonchev–Trinajstić information content (AvgIpc) is 2.63. The van der Waals surface area contributed by atoms with Crippen LogP contribution >= 0.6 is 0 Å². The van der Waals surface area contributed by atoms with Crippen molar-refractivity contribution in [1.82, 2.24) is 0 Å². The van der Waals surface area contributed by atoms with Crippen molar-refractivity contribution >= 4 is 23.5 Å². The van der Waals surface area contributed by atoms with Gasteiger partial charge >= 0.3 is 0 Å². The summed E-state index contributed by atoms with van der Waals surface area (Å²) in [6.45, 7) is 13.0. The third-order valence-corrected chi connectivity index (χ3v) is 4.45. The molecule has 0 saturated heterocycles. The summed E-state index contributed by atoms with van der Waals surface area (Å²) < 4.78 is 0. The molecule has 0 amide bonds. The van der Waals surface area contributed by atoms with E-state index in [1.165, 1.54) is 22.5 Å². The minimum absolute atomic E-state index is 1.03. The molecule has 2 rings (SSSR count). The van der Waals surface area contributed by atoms with E-state index >= 15 is 0 Å². The molecule has 0 aromatic heterocycles. The fourth-order valence-electron chi connectivity index (χ4n) is 3.01. The molecule has 0 heterocycles. The molecule has 0 unspecified atom stereocenters. The van der Waals surface area contributed by atoms with Gasteiger partial charge in [-0.25, -0.2) is 0 Å². The minimum Gasteiger partial charge on any atom is -0.372 e. The van der Waals surface area contributed by atoms with Gasteiger partial charge in [-0.1, -0.05) is 42.5 Å². The maximum atomic E-state index is 2.41. The van der Waals surface area contributed by atoms with Gasteiger partial charge in [0.15, 0.2) is 0 Å². The number of hydrogen-bond donors (Lipinski definition) is 0. The summed E-state index contributed by atoms with van der Waals surface area (Å²) in [5.41, 5.74) is 5.09. The molecule has 0 saturated carbocycles. The molecule has 0 atom stereocenters. The summed E-state index contributed by atoms with van der Waals surface area (Å²) >= 11 is 0. The monoisotopic (exact) mass is 322 g/mol. The van der Waals surface area contributed by atoms with Gasteiger partial charge in [0.05, 0.1) is 0 Å². The number of nitrogens with zero attached hydrogens (tertiary/aromatic N) is 2. The quantitative estimate of drug-likeness (QED) is 0.588. The van der Waals surface area contributed by atoms with Crippen LogP contribution in [0, 0.1) is 0 Å². The Bertz CT molecular complexity index is 608. The third kappa shape index (κ3) is 4.64. The highest BCUT2D eigenvalue weighted by molar-refractivity contribution is 5.75. The first-order valence-electron chi connectivity index (χ1n) is 9.09. The summed E-state index contributed by atoms with van der Waals surface area (Å²) in [7, 11) is 0. The van der Waals surface area contributed by atoms with Crippen LogP contribution in [0.2, 0.25) is 0 Å². The van der Waals surface area contributed by atoms with Crippen LogP contribution in [0.5, 0.6) is 0 Å². The number of hydrogen-bond acceptors (Lipinski definition) is 2. The van der Waals surface area contributed by atoms with E-state index in [2.05, 4.69) is 98.2 Å². The maximum Gasteiger partial charge on any atom is 0.0392 e. The topological polar surface area (TPSA) is 6.48 Å². The van der Waals surface area contributed by atoms with Gasteiger partial charge in [-0.05, 0) is 57.0 Å². The Kier molecular flexibility index (Phi) is 6.92. The van der Waals surface area contributed by atoms with Gasteiger partial charge in [0.1, 0.15) is 0 Å². The second kappa shape index (κ2) is 9.17. The van der Waals surface area contributed by atoms with Crippen LogP contribution in [0.3, 0.4) is 0 Å². The largest absolute Gasteiger partial charge is 0.372 e. The molecule has 0 N–H and O–H groups in total. The SMILES string of the molecule is CCN(CC)c1cc(C=Cc2ccccc2)cc(N(CC)CC)c1. The van der Waals surface area contributed by atoms with Crippen LogP contribution in [0.1, 0.15) is 38.8 Å². The Labute approximate surface area is 147 Å². The second-order valence-electron chi connectivity index (χ2n) is 5.87. The van der Waals surface area contributed by atoms with Crippen LogP contribution in [0.25, 0.3) is 12.2 Å². The van der Waals surface area contributed by atoms with Crippen molar-refractivity contribution in [2.45, 2.75) is 27.7 Å². The predicted octanol–water partition coefficient (Wildman–Crippen LogP) is 5.55. The van der Waals surface area contributed by atoms with Gasteiger partial charge in [-0.3, -0.25) is 0 Å². The fraction of sp³-hybridized carbons (Fsp3) is 0.364. The zero-order chi connectivity index (χ0) is 17.4. The highest BCUT2D eigenvalue weighted by atomic mass is 15.1.